The van der Waals surface area contributed by atoms with Crippen LogP contribution in [0.3, 0.4) is 0 Å². The molecule has 5 nitrogen and oxygen atoms in total. The van der Waals surface area contributed by atoms with Crippen LogP contribution in [0.15, 0.2) is 48.5 Å². The molecule has 3 aromatic rings. The summed E-state index contributed by atoms with van der Waals surface area (Å²) >= 11 is 0. The maximum atomic E-state index is 11.9. The number of aryl methyl sites for hydroxylation is 1. The fourth-order valence-corrected chi connectivity index (χ4v) is 3.04. The van der Waals surface area contributed by atoms with Gasteiger partial charge in [0.05, 0.1) is 26.2 Å². The molecule has 0 atom stereocenters. The zero-order valence-corrected chi connectivity index (χ0v) is 15.2. The number of anilines is 1. The zero-order valence-electron chi connectivity index (χ0n) is 15.2. The van der Waals surface area contributed by atoms with Gasteiger partial charge in [-0.3, -0.25) is 9.78 Å². The van der Waals surface area contributed by atoms with Crippen molar-refractivity contribution in [2.75, 3.05) is 19.5 Å². The Bertz CT molecular complexity index is 938. The number of hydrogen-bond acceptors (Lipinski definition) is 5. The molecule has 0 bridgehead atoms. The van der Waals surface area contributed by atoms with E-state index in [0.717, 1.165) is 39.2 Å². The molecule has 1 aromatic heterocycles. The molecule has 0 unspecified atom stereocenters. The van der Waals surface area contributed by atoms with Gasteiger partial charge in [0.1, 0.15) is 5.75 Å². The van der Waals surface area contributed by atoms with Crippen LogP contribution in [-0.4, -0.2) is 25.2 Å². The summed E-state index contributed by atoms with van der Waals surface area (Å²) in [6, 6.07) is 15.8. The van der Waals surface area contributed by atoms with Crippen LogP contribution in [0.25, 0.3) is 10.9 Å². The molecule has 0 aliphatic carbocycles. The van der Waals surface area contributed by atoms with Gasteiger partial charge in [0.2, 0.25) is 0 Å². The predicted molar refractivity (Wildman–Crippen MR) is 103 cm³/mol. The number of esters is 1. The molecule has 0 radical (unpaired) electrons. The standard InChI is InChI=1S/C21H22N2O3/c1-14-17(12-20(24)26-3)21(16-9-5-6-10-18(16)23-14)22-13-15-8-4-7-11-19(15)25-2/h4-11H,12-13H2,1-3H3,(H,22,23). The Morgan fingerprint density at radius 2 is 1.81 bits per heavy atom. The van der Waals surface area contributed by atoms with E-state index in [1.807, 2.05) is 55.5 Å². The van der Waals surface area contributed by atoms with Crippen LogP contribution in [0, 0.1) is 6.92 Å². The molecule has 0 saturated heterocycles. The second kappa shape index (κ2) is 7.87. The number of para-hydroxylation sites is 2. The van der Waals surface area contributed by atoms with Crippen molar-refractivity contribution in [3.05, 3.63) is 65.4 Å². The number of nitrogens with zero attached hydrogens (tertiary/aromatic N) is 1. The van der Waals surface area contributed by atoms with Gasteiger partial charge in [0.25, 0.3) is 0 Å². The summed E-state index contributed by atoms with van der Waals surface area (Å²) in [5.41, 5.74) is 4.50. The molecule has 134 valence electrons. The Morgan fingerprint density at radius 3 is 2.58 bits per heavy atom. The molecule has 1 heterocycles. The van der Waals surface area contributed by atoms with Crippen LogP contribution in [0.1, 0.15) is 16.8 Å². The van der Waals surface area contributed by atoms with Crippen molar-refractivity contribution in [1.82, 2.24) is 4.98 Å². The van der Waals surface area contributed by atoms with Gasteiger partial charge in [-0.2, -0.15) is 0 Å². The summed E-state index contributed by atoms with van der Waals surface area (Å²) in [6.07, 6.45) is 0.175. The Kier molecular flexibility index (Phi) is 5.37. The SMILES string of the molecule is COC(=O)Cc1c(C)nc2ccccc2c1NCc1ccccc1OC. The predicted octanol–water partition coefficient (Wildman–Crippen LogP) is 3.88. The van der Waals surface area contributed by atoms with Gasteiger partial charge in [0.15, 0.2) is 0 Å². The molecular formula is C21H22N2O3. The first-order valence-corrected chi connectivity index (χ1v) is 8.44. The number of hydrogen-bond donors (Lipinski definition) is 1. The minimum atomic E-state index is -0.287. The highest BCUT2D eigenvalue weighted by molar-refractivity contribution is 5.95. The molecule has 0 aliphatic rings. The molecule has 5 heteroatoms. The van der Waals surface area contributed by atoms with Crippen molar-refractivity contribution in [2.24, 2.45) is 0 Å². The van der Waals surface area contributed by atoms with E-state index in [1.54, 1.807) is 7.11 Å². The highest BCUT2D eigenvalue weighted by Gasteiger charge is 2.16. The largest absolute Gasteiger partial charge is 0.496 e. The molecular weight excluding hydrogens is 328 g/mol. The molecule has 0 saturated carbocycles. The summed E-state index contributed by atoms with van der Waals surface area (Å²) in [4.78, 5) is 16.5. The second-order valence-electron chi connectivity index (χ2n) is 5.99. The lowest BCUT2D eigenvalue weighted by Gasteiger charge is -2.17. The number of pyridine rings is 1. The van der Waals surface area contributed by atoms with Crippen LogP contribution >= 0.6 is 0 Å². The Morgan fingerprint density at radius 1 is 1.08 bits per heavy atom. The number of carbonyl (C=O) groups excluding carboxylic acids is 1. The fourth-order valence-electron chi connectivity index (χ4n) is 3.04. The Balaban J connectivity index is 2.04. The molecule has 26 heavy (non-hydrogen) atoms. The molecule has 1 N–H and O–H groups in total. The smallest absolute Gasteiger partial charge is 0.310 e. The third-order valence-corrected chi connectivity index (χ3v) is 4.40. The van der Waals surface area contributed by atoms with Crippen LogP contribution < -0.4 is 10.1 Å². The lowest BCUT2D eigenvalue weighted by molar-refractivity contribution is -0.139. The topological polar surface area (TPSA) is 60.5 Å². The van der Waals surface area contributed by atoms with Crippen LogP contribution in [0.2, 0.25) is 0 Å². The number of nitrogens with one attached hydrogen (secondary N) is 1. The number of methoxy groups -OCH3 is 2. The van der Waals surface area contributed by atoms with Gasteiger partial charge in [-0.1, -0.05) is 36.4 Å². The number of rotatable bonds is 6. The Hall–Kier alpha value is -3.08. The van der Waals surface area contributed by atoms with Crippen molar-refractivity contribution in [3.63, 3.8) is 0 Å². The fraction of sp³-hybridized carbons (Fsp3) is 0.238. The van der Waals surface area contributed by atoms with Gasteiger partial charge in [0, 0.05) is 34.4 Å². The van der Waals surface area contributed by atoms with E-state index in [4.69, 9.17) is 9.47 Å². The number of carbonyl (C=O) groups is 1. The summed E-state index contributed by atoms with van der Waals surface area (Å²) in [7, 11) is 3.06. The summed E-state index contributed by atoms with van der Waals surface area (Å²) in [5.74, 6) is 0.537. The van der Waals surface area contributed by atoms with Gasteiger partial charge >= 0.3 is 5.97 Å². The second-order valence-corrected chi connectivity index (χ2v) is 5.99. The third-order valence-electron chi connectivity index (χ3n) is 4.40. The number of aromatic nitrogens is 1. The minimum Gasteiger partial charge on any atom is -0.496 e. The van der Waals surface area contributed by atoms with Gasteiger partial charge < -0.3 is 14.8 Å². The van der Waals surface area contributed by atoms with Crippen LogP contribution in [0.4, 0.5) is 5.69 Å². The first-order chi connectivity index (χ1) is 12.6. The average molecular weight is 350 g/mol. The minimum absolute atomic E-state index is 0.175. The zero-order chi connectivity index (χ0) is 18.5. The van der Waals surface area contributed by atoms with E-state index in [9.17, 15) is 4.79 Å². The van der Waals surface area contributed by atoms with E-state index < -0.39 is 0 Å². The summed E-state index contributed by atoms with van der Waals surface area (Å²) < 4.78 is 10.3. The van der Waals surface area contributed by atoms with Crippen LogP contribution in [-0.2, 0) is 22.5 Å². The third kappa shape index (κ3) is 3.61. The molecule has 0 spiro atoms. The van der Waals surface area contributed by atoms with E-state index in [1.165, 1.54) is 7.11 Å². The number of ether oxygens (including phenoxy) is 2. The van der Waals surface area contributed by atoms with Crippen molar-refractivity contribution in [2.45, 2.75) is 19.9 Å². The van der Waals surface area contributed by atoms with Crippen molar-refractivity contribution in [1.29, 1.82) is 0 Å². The number of fused-ring (bicyclic) bond motifs is 1. The summed E-state index contributed by atoms with van der Waals surface area (Å²) in [6.45, 7) is 2.49. The Labute approximate surface area is 153 Å². The number of benzene rings is 2. The van der Waals surface area contributed by atoms with E-state index in [2.05, 4.69) is 10.3 Å². The molecule has 0 fully saturated rings. The molecule has 0 amide bonds. The van der Waals surface area contributed by atoms with Crippen molar-refractivity contribution >= 4 is 22.6 Å². The summed E-state index contributed by atoms with van der Waals surface area (Å²) in [5, 5.41) is 4.47. The highest BCUT2D eigenvalue weighted by atomic mass is 16.5. The normalized spacial score (nSPS) is 10.6. The molecule has 3 rings (SSSR count). The van der Waals surface area contributed by atoms with Gasteiger partial charge in [-0.05, 0) is 19.1 Å². The first kappa shape index (κ1) is 17.7. The maximum absolute atomic E-state index is 11.9. The van der Waals surface area contributed by atoms with Crippen LogP contribution in [0.5, 0.6) is 5.75 Å². The van der Waals surface area contributed by atoms with Gasteiger partial charge in [-0.25, -0.2) is 0 Å². The first-order valence-electron chi connectivity index (χ1n) is 8.44. The van der Waals surface area contributed by atoms with Gasteiger partial charge in [-0.15, -0.1) is 0 Å². The lowest BCUT2D eigenvalue weighted by atomic mass is 10.0. The van der Waals surface area contributed by atoms with Crippen molar-refractivity contribution < 1.29 is 14.3 Å². The maximum Gasteiger partial charge on any atom is 0.310 e. The van der Waals surface area contributed by atoms with E-state index >= 15 is 0 Å². The quantitative estimate of drug-likeness (QED) is 0.684. The average Bonchev–Trinajstić information content (AvgIpc) is 2.67. The lowest BCUT2D eigenvalue weighted by Crippen LogP contribution is -2.12. The van der Waals surface area contributed by atoms with Crippen molar-refractivity contribution in [3.8, 4) is 5.75 Å². The monoisotopic (exact) mass is 350 g/mol. The highest BCUT2D eigenvalue weighted by Crippen LogP contribution is 2.30. The molecule has 0 aliphatic heterocycles. The van der Waals surface area contributed by atoms with E-state index in [0.29, 0.717) is 6.54 Å². The molecule has 2 aromatic carbocycles. The van der Waals surface area contributed by atoms with E-state index in [-0.39, 0.29) is 12.4 Å².